The molecular weight excluding hydrogens is 474 g/mol. The highest BCUT2D eigenvalue weighted by Gasteiger charge is 2.26. The van der Waals surface area contributed by atoms with Gasteiger partial charge < -0.3 is 14.5 Å². The molecule has 1 saturated heterocycles. The number of aromatic amines is 1. The van der Waals surface area contributed by atoms with Crippen LogP contribution in [0.25, 0.3) is 17.5 Å². The molecular formula is C28H25N3O4S. The first-order chi connectivity index (χ1) is 17.5. The van der Waals surface area contributed by atoms with Gasteiger partial charge in [-0.1, -0.05) is 48.5 Å². The quantitative estimate of drug-likeness (QED) is 0.274. The zero-order chi connectivity index (χ0) is 25.1. The number of aromatic nitrogens is 2. The summed E-state index contributed by atoms with van der Waals surface area (Å²) in [5.41, 5.74) is 5.09. The Morgan fingerprint density at radius 2 is 1.81 bits per heavy atom. The Bertz CT molecular complexity index is 1420. The van der Waals surface area contributed by atoms with Crippen molar-refractivity contribution in [1.82, 2.24) is 15.3 Å². The third-order valence-electron chi connectivity index (χ3n) is 6.04. The number of carbonyl (C=O) groups is 2. The van der Waals surface area contributed by atoms with Gasteiger partial charge in [-0.2, -0.15) is 0 Å². The van der Waals surface area contributed by atoms with Crippen LogP contribution in [0.5, 0.6) is 0 Å². The second-order valence-electron chi connectivity index (χ2n) is 8.62. The monoisotopic (exact) mass is 499 g/mol. The van der Waals surface area contributed by atoms with E-state index in [1.807, 2.05) is 73.7 Å². The van der Waals surface area contributed by atoms with Crippen LogP contribution in [0.3, 0.4) is 0 Å². The van der Waals surface area contributed by atoms with E-state index in [4.69, 9.17) is 4.42 Å². The average Bonchev–Trinajstić information content (AvgIpc) is 3.55. The van der Waals surface area contributed by atoms with Crippen LogP contribution < -0.4 is 5.32 Å². The van der Waals surface area contributed by atoms with Crippen molar-refractivity contribution in [2.45, 2.75) is 32.3 Å². The Kier molecular flexibility index (Phi) is 6.88. The van der Waals surface area contributed by atoms with Crippen molar-refractivity contribution in [3.05, 3.63) is 106 Å². The van der Waals surface area contributed by atoms with E-state index in [9.17, 15) is 14.7 Å². The Hall–Kier alpha value is -3.88. The molecule has 3 N–H and O–H groups in total. The number of thioether (sulfide) groups is 1. The summed E-state index contributed by atoms with van der Waals surface area (Å²) in [6.07, 6.45) is 2.50. The molecule has 0 saturated carbocycles. The third-order valence-corrected chi connectivity index (χ3v) is 6.85. The van der Waals surface area contributed by atoms with Crippen LogP contribution in [0.4, 0.5) is 4.79 Å². The summed E-state index contributed by atoms with van der Waals surface area (Å²) in [4.78, 5) is 31.9. The fourth-order valence-corrected chi connectivity index (χ4v) is 4.82. The van der Waals surface area contributed by atoms with Gasteiger partial charge in [0.05, 0.1) is 16.7 Å². The van der Waals surface area contributed by atoms with Crippen LogP contribution in [-0.4, -0.2) is 26.2 Å². The number of aryl methyl sites for hydroxylation is 2. The van der Waals surface area contributed by atoms with E-state index >= 15 is 0 Å². The molecule has 2 aromatic carbocycles. The lowest BCUT2D eigenvalue weighted by Crippen LogP contribution is -2.17. The maximum atomic E-state index is 12.1. The van der Waals surface area contributed by atoms with Gasteiger partial charge in [0.15, 0.2) is 0 Å². The van der Waals surface area contributed by atoms with Gasteiger partial charge in [0.25, 0.3) is 11.1 Å². The summed E-state index contributed by atoms with van der Waals surface area (Å²) in [6.45, 7) is 1.88. The molecule has 7 nitrogen and oxygen atoms in total. The van der Waals surface area contributed by atoms with E-state index in [0.717, 1.165) is 39.9 Å². The number of nitrogens with one attached hydrogen (secondary N) is 2. The molecule has 3 heterocycles. The van der Waals surface area contributed by atoms with E-state index < -0.39 is 12.0 Å². The average molecular weight is 500 g/mol. The second-order valence-corrected chi connectivity index (χ2v) is 9.64. The van der Waals surface area contributed by atoms with E-state index in [-0.39, 0.29) is 5.24 Å². The van der Waals surface area contributed by atoms with Crippen molar-refractivity contribution in [3.8, 4) is 11.5 Å². The van der Waals surface area contributed by atoms with Crippen molar-refractivity contribution in [2.75, 3.05) is 0 Å². The molecule has 1 atom stereocenters. The first kappa shape index (κ1) is 23.8. The van der Waals surface area contributed by atoms with Gasteiger partial charge in [-0.25, -0.2) is 4.98 Å². The number of aliphatic hydroxyl groups excluding tert-OH is 1. The van der Waals surface area contributed by atoms with Crippen molar-refractivity contribution in [2.24, 2.45) is 0 Å². The molecule has 182 valence electrons. The fourth-order valence-electron chi connectivity index (χ4n) is 4.15. The number of hydrogen-bond acceptors (Lipinski definition) is 6. The number of carbonyl (C=O) groups excluding carboxylic acids is 2. The molecule has 36 heavy (non-hydrogen) atoms. The normalized spacial score (nSPS) is 15.4. The molecule has 0 bridgehead atoms. The predicted octanol–water partition coefficient (Wildman–Crippen LogP) is 5.56. The van der Waals surface area contributed by atoms with Crippen molar-refractivity contribution in [1.29, 1.82) is 0 Å². The zero-order valence-corrected chi connectivity index (χ0v) is 20.5. The van der Waals surface area contributed by atoms with E-state index in [0.29, 0.717) is 41.4 Å². The molecule has 4 aromatic rings. The Morgan fingerprint density at radius 1 is 1.08 bits per heavy atom. The molecule has 0 spiro atoms. The standard InChI is InChI=1S/C28H25N3O4S/c1-17-21(30-27(35-17)19-10-6-3-7-11-19)12-13-24(32)23-15-20(14-18-8-4-2-5-9-18)22(29-23)16-25-26(33)31-28(34)36-25/h2-11,15-16,24,29,32H,12-14H2,1H3,(H,31,33,34). The molecule has 2 aromatic heterocycles. The highest BCUT2D eigenvalue weighted by Crippen LogP contribution is 2.30. The molecule has 1 aliphatic heterocycles. The topological polar surface area (TPSA) is 108 Å². The number of H-pyrrole nitrogens is 1. The third kappa shape index (κ3) is 5.35. The maximum Gasteiger partial charge on any atom is 0.290 e. The molecule has 0 radical (unpaired) electrons. The van der Waals surface area contributed by atoms with E-state index in [1.165, 1.54) is 0 Å². The Morgan fingerprint density at radius 3 is 2.50 bits per heavy atom. The smallest absolute Gasteiger partial charge is 0.290 e. The number of amides is 2. The summed E-state index contributed by atoms with van der Waals surface area (Å²) >= 11 is 0.871. The highest BCUT2D eigenvalue weighted by molar-refractivity contribution is 8.18. The van der Waals surface area contributed by atoms with Gasteiger partial charge >= 0.3 is 0 Å². The SMILES string of the molecule is Cc1oc(-c2ccccc2)nc1CCC(O)c1cc(Cc2ccccc2)c(C=C2SC(=O)NC2=O)[nH]1. The summed E-state index contributed by atoms with van der Waals surface area (Å²) in [7, 11) is 0. The Balaban J connectivity index is 1.36. The summed E-state index contributed by atoms with van der Waals surface area (Å²) in [5, 5.41) is 12.9. The maximum absolute atomic E-state index is 12.1. The summed E-state index contributed by atoms with van der Waals surface area (Å²) in [6, 6.07) is 21.6. The Labute approximate surface area is 212 Å². The van der Waals surface area contributed by atoms with Gasteiger partial charge in [0.1, 0.15) is 5.76 Å². The molecule has 2 amide bonds. The minimum absolute atomic E-state index is 0.323. The molecule has 0 aliphatic carbocycles. The highest BCUT2D eigenvalue weighted by atomic mass is 32.2. The number of benzene rings is 2. The summed E-state index contributed by atoms with van der Waals surface area (Å²) in [5.74, 6) is 0.887. The minimum Gasteiger partial charge on any atom is -0.441 e. The predicted molar refractivity (Wildman–Crippen MR) is 139 cm³/mol. The number of imide groups is 1. The van der Waals surface area contributed by atoms with Crippen LogP contribution in [0.2, 0.25) is 0 Å². The van der Waals surface area contributed by atoms with E-state index in [2.05, 4.69) is 15.3 Å². The van der Waals surface area contributed by atoms with Gasteiger partial charge in [-0.05, 0) is 73.4 Å². The van der Waals surface area contributed by atoms with Gasteiger partial charge in [0.2, 0.25) is 5.89 Å². The first-order valence-electron chi connectivity index (χ1n) is 11.7. The lowest BCUT2D eigenvalue weighted by molar-refractivity contribution is -0.115. The largest absolute Gasteiger partial charge is 0.441 e. The zero-order valence-electron chi connectivity index (χ0n) is 19.7. The number of hydrogen-bond donors (Lipinski definition) is 3. The fraction of sp³-hybridized carbons (Fsp3) is 0.179. The van der Waals surface area contributed by atoms with Crippen LogP contribution in [0.1, 0.15) is 46.5 Å². The van der Waals surface area contributed by atoms with Gasteiger partial charge in [0, 0.05) is 17.0 Å². The molecule has 1 unspecified atom stereocenters. The minimum atomic E-state index is -0.769. The molecule has 8 heteroatoms. The van der Waals surface area contributed by atoms with Crippen LogP contribution in [0, 0.1) is 6.92 Å². The van der Waals surface area contributed by atoms with E-state index in [1.54, 1.807) is 6.08 Å². The lowest BCUT2D eigenvalue weighted by Gasteiger charge is -2.07. The number of aliphatic hydroxyl groups is 1. The second kappa shape index (κ2) is 10.4. The van der Waals surface area contributed by atoms with Crippen molar-refractivity contribution < 1.29 is 19.1 Å². The first-order valence-corrected chi connectivity index (χ1v) is 12.5. The van der Waals surface area contributed by atoms with Crippen LogP contribution >= 0.6 is 11.8 Å². The molecule has 1 fully saturated rings. The number of nitrogens with zero attached hydrogens (tertiary/aromatic N) is 1. The lowest BCUT2D eigenvalue weighted by atomic mass is 10.0. The number of oxazole rings is 1. The summed E-state index contributed by atoms with van der Waals surface area (Å²) < 4.78 is 5.85. The molecule has 1 aliphatic rings. The van der Waals surface area contributed by atoms with Crippen LogP contribution in [0.15, 0.2) is 76.1 Å². The number of rotatable bonds is 8. The van der Waals surface area contributed by atoms with Gasteiger partial charge in [-0.15, -0.1) is 0 Å². The van der Waals surface area contributed by atoms with Crippen molar-refractivity contribution in [3.63, 3.8) is 0 Å². The molecule has 5 rings (SSSR count). The van der Waals surface area contributed by atoms with Crippen LogP contribution in [-0.2, 0) is 17.6 Å². The van der Waals surface area contributed by atoms with Crippen molar-refractivity contribution >= 4 is 29.0 Å². The van der Waals surface area contributed by atoms with Gasteiger partial charge in [-0.3, -0.25) is 14.9 Å².